The number of thiazole rings is 1. The van der Waals surface area contributed by atoms with E-state index in [1.54, 1.807) is 11.3 Å². The first-order valence-corrected chi connectivity index (χ1v) is 9.54. The maximum atomic E-state index is 6.30. The third kappa shape index (κ3) is 3.45. The highest BCUT2D eigenvalue weighted by atomic mass is 32.1. The average molecular weight is 344 g/mol. The van der Waals surface area contributed by atoms with Crippen LogP contribution in [0.25, 0.3) is 0 Å². The molecule has 2 fully saturated rings. The molecule has 0 saturated carbocycles. The maximum absolute atomic E-state index is 6.30. The van der Waals surface area contributed by atoms with E-state index in [2.05, 4.69) is 44.2 Å². The average Bonchev–Trinajstić information content (AvgIpc) is 3.01. The van der Waals surface area contributed by atoms with Crippen LogP contribution in [0, 0.1) is 6.92 Å². The number of anilines is 1. The van der Waals surface area contributed by atoms with Crippen LogP contribution in [0.4, 0.5) is 5.82 Å². The summed E-state index contributed by atoms with van der Waals surface area (Å²) in [5.74, 6) is 1.06. The molecule has 2 saturated heterocycles. The van der Waals surface area contributed by atoms with E-state index in [9.17, 15) is 0 Å². The highest BCUT2D eigenvalue weighted by Crippen LogP contribution is 2.31. The van der Waals surface area contributed by atoms with Crippen molar-refractivity contribution >= 4 is 17.2 Å². The lowest BCUT2D eigenvalue weighted by atomic mass is 9.90. The molecule has 0 bridgehead atoms. The van der Waals surface area contributed by atoms with Gasteiger partial charge in [-0.1, -0.05) is 6.07 Å². The fraction of sp³-hybridized carbons (Fsp3) is 0.556. The van der Waals surface area contributed by atoms with Crippen molar-refractivity contribution in [1.29, 1.82) is 0 Å². The van der Waals surface area contributed by atoms with Gasteiger partial charge >= 0.3 is 0 Å². The zero-order chi connectivity index (χ0) is 16.4. The molecular formula is C18H24N4OS. The lowest BCUT2D eigenvalue weighted by molar-refractivity contribution is -0.0988. The minimum atomic E-state index is -0.0703. The van der Waals surface area contributed by atoms with Crippen molar-refractivity contribution in [3.63, 3.8) is 0 Å². The molecular weight excluding hydrogens is 320 g/mol. The standard InChI is InChI=1S/C18H24N4OS/c1-15-20-16(12-24-15)11-21-8-4-6-18(13-21)14-22(9-10-23-18)17-5-2-3-7-19-17/h2-3,5,7,12H,4,6,8-11,13-14H2,1H3/t18-/m0/s1. The third-order valence-corrected chi connectivity index (χ3v) is 5.71. The largest absolute Gasteiger partial charge is 0.370 e. The molecule has 128 valence electrons. The normalized spacial score (nSPS) is 25.3. The van der Waals surface area contributed by atoms with Gasteiger partial charge in [-0.25, -0.2) is 9.97 Å². The number of aromatic nitrogens is 2. The zero-order valence-corrected chi connectivity index (χ0v) is 15.0. The Balaban J connectivity index is 1.45. The third-order valence-electron chi connectivity index (χ3n) is 4.89. The summed E-state index contributed by atoms with van der Waals surface area (Å²) < 4.78 is 6.30. The van der Waals surface area contributed by atoms with Crippen LogP contribution in [-0.2, 0) is 11.3 Å². The van der Waals surface area contributed by atoms with E-state index >= 15 is 0 Å². The number of piperidine rings is 1. The molecule has 0 aromatic carbocycles. The number of nitrogens with zero attached hydrogens (tertiary/aromatic N) is 4. The van der Waals surface area contributed by atoms with Gasteiger partial charge in [0.15, 0.2) is 0 Å². The van der Waals surface area contributed by atoms with Gasteiger partial charge in [-0.15, -0.1) is 11.3 Å². The number of morpholine rings is 1. The zero-order valence-electron chi connectivity index (χ0n) is 14.1. The van der Waals surface area contributed by atoms with Crippen molar-refractivity contribution in [2.45, 2.75) is 31.9 Å². The van der Waals surface area contributed by atoms with Crippen LogP contribution in [0.1, 0.15) is 23.5 Å². The van der Waals surface area contributed by atoms with E-state index in [1.165, 1.54) is 12.1 Å². The number of pyridine rings is 1. The Morgan fingerprint density at radius 1 is 1.29 bits per heavy atom. The molecule has 5 nitrogen and oxygen atoms in total. The molecule has 1 spiro atoms. The Bertz CT molecular complexity index is 673. The van der Waals surface area contributed by atoms with Crippen LogP contribution in [0.5, 0.6) is 0 Å². The fourth-order valence-electron chi connectivity index (χ4n) is 3.86. The topological polar surface area (TPSA) is 41.5 Å². The molecule has 2 aromatic rings. The molecule has 2 aliphatic heterocycles. The number of likely N-dealkylation sites (tertiary alicyclic amines) is 1. The summed E-state index contributed by atoms with van der Waals surface area (Å²) in [6, 6.07) is 6.12. The summed E-state index contributed by atoms with van der Waals surface area (Å²) in [6.07, 6.45) is 4.18. The van der Waals surface area contributed by atoms with Crippen LogP contribution < -0.4 is 4.90 Å². The minimum Gasteiger partial charge on any atom is -0.370 e. The van der Waals surface area contributed by atoms with E-state index in [1.807, 2.05) is 12.3 Å². The lowest BCUT2D eigenvalue weighted by Gasteiger charge is -2.48. The van der Waals surface area contributed by atoms with E-state index in [0.717, 1.165) is 56.6 Å². The van der Waals surface area contributed by atoms with Crippen LogP contribution in [0.3, 0.4) is 0 Å². The Hall–Kier alpha value is -1.50. The molecule has 2 aliphatic rings. The smallest absolute Gasteiger partial charge is 0.128 e. The van der Waals surface area contributed by atoms with Crippen LogP contribution >= 0.6 is 11.3 Å². The van der Waals surface area contributed by atoms with Crippen molar-refractivity contribution in [3.8, 4) is 0 Å². The first-order chi connectivity index (χ1) is 11.7. The molecule has 0 aliphatic carbocycles. The van der Waals surface area contributed by atoms with Crippen molar-refractivity contribution in [2.24, 2.45) is 0 Å². The Morgan fingerprint density at radius 2 is 2.25 bits per heavy atom. The minimum absolute atomic E-state index is 0.0703. The van der Waals surface area contributed by atoms with Gasteiger partial charge in [0, 0.05) is 37.8 Å². The van der Waals surface area contributed by atoms with Crippen LogP contribution in [0.2, 0.25) is 0 Å². The predicted octanol–water partition coefficient (Wildman–Crippen LogP) is 2.72. The second-order valence-electron chi connectivity index (χ2n) is 6.81. The molecule has 0 radical (unpaired) electrons. The molecule has 6 heteroatoms. The van der Waals surface area contributed by atoms with E-state index in [-0.39, 0.29) is 5.60 Å². The number of aryl methyl sites for hydroxylation is 1. The molecule has 0 amide bonds. The first-order valence-electron chi connectivity index (χ1n) is 8.66. The Morgan fingerprint density at radius 3 is 3.04 bits per heavy atom. The van der Waals surface area contributed by atoms with Crippen molar-refractivity contribution in [1.82, 2.24) is 14.9 Å². The van der Waals surface area contributed by atoms with Gasteiger partial charge in [-0.2, -0.15) is 0 Å². The lowest BCUT2D eigenvalue weighted by Crippen LogP contribution is -2.59. The summed E-state index contributed by atoms with van der Waals surface area (Å²) in [7, 11) is 0. The molecule has 4 heterocycles. The van der Waals surface area contributed by atoms with Gasteiger partial charge in [0.25, 0.3) is 0 Å². The molecule has 1 atom stereocenters. The predicted molar refractivity (Wildman–Crippen MR) is 96.5 cm³/mol. The summed E-state index contributed by atoms with van der Waals surface area (Å²) in [5, 5.41) is 3.32. The highest BCUT2D eigenvalue weighted by molar-refractivity contribution is 7.09. The molecule has 24 heavy (non-hydrogen) atoms. The first kappa shape index (κ1) is 16.0. The summed E-state index contributed by atoms with van der Waals surface area (Å²) >= 11 is 1.73. The van der Waals surface area contributed by atoms with Crippen LogP contribution in [-0.4, -0.2) is 53.3 Å². The van der Waals surface area contributed by atoms with Gasteiger partial charge in [-0.3, -0.25) is 4.90 Å². The van der Waals surface area contributed by atoms with Crippen molar-refractivity contribution in [2.75, 3.05) is 37.7 Å². The van der Waals surface area contributed by atoms with Crippen LogP contribution in [0.15, 0.2) is 29.8 Å². The van der Waals surface area contributed by atoms with E-state index in [0.29, 0.717) is 0 Å². The Kier molecular flexibility index (Phi) is 4.52. The molecule has 2 aromatic heterocycles. The monoisotopic (exact) mass is 344 g/mol. The number of ether oxygens (including phenoxy) is 1. The number of rotatable bonds is 3. The summed E-state index contributed by atoms with van der Waals surface area (Å²) in [4.78, 5) is 14.0. The SMILES string of the molecule is Cc1nc(CN2CCC[C@]3(C2)CN(c2ccccn2)CCO3)cs1. The Labute approximate surface area is 147 Å². The second kappa shape index (κ2) is 6.78. The van der Waals surface area contributed by atoms with Crippen molar-refractivity contribution < 1.29 is 4.74 Å². The highest BCUT2D eigenvalue weighted by Gasteiger charge is 2.40. The van der Waals surface area contributed by atoms with Gasteiger partial charge < -0.3 is 9.64 Å². The van der Waals surface area contributed by atoms with Crippen molar-refractivity contribution in [3.05, 3.63) is 40.5 Å². The van der Waals surface area contributed by atoms with Gasteiger partial charge in [0.1, 0.15) is 5.82 Å². The summed E-state index contributed by atoms with van der Waals surface area (Å²) in [6.45, 7) is 7.74. The fourth-order valence-corrected chi connectivity index (χ4v) is 4.47. The molecule has 4 rings (SSSR count). The number of hydrogen-bond acceptors (Lipinski definition) is 6. The van der Waals surface area contributed by atoms with Gasteiger partial charge in [-0.05, 0) is 38.4 Å². The van der Waals surface area contributed by atoms with Gasteiger partial charge in [0.05, 0.1) is 22.9 Å². The quantitative estimate of drug-likeness (QED) is 0.856. The molecule has 0 N–H and O–H groups in total. The van der Waals surface area contributed by atoms with E-state index < -0.39 is 0 Å². The van der Waals surface area contributed by atoms with Gasteiger partial charge in [0.2, 0.25) is 0 Å². The van der Waals surface area contributed by atoms with E-state index in [4.69, 9.17) is 4.74 Å². The summed E-state index contributed by atoms with van der Waals surface area (Å²) in [5.41, 5.74) is 1.12. The molecule has 0 unspecified atom stereocenters. The number of hydrogen-bond donors (Lipinski definition) is 0. The second-order valence-corrected chi connectivity index (χ2v) is 7.88. The maximum Gasteiger partial charge on any atom is 0.128 e.